The Balaban J connectivity index is 0.000000807. The summed E-state index contributed by atoms with van der Waals surface area (Å²) in [5.41, 5.74) is 14.6. The quantitative estimate of drug-likeness (QED) is 0.0113. The van der Waals surface area contributed by atoms with Crippen LogP contribution in [-0.2, 0) is 70.5 Å². The normalized spacial score (nSPS) is 12.3. The van der Waals surface area contributed by atoms with Gasteiger partial charge in [0.25, 0.3) is 0 Å². The number of hydrogen-bond acceptors (Lipinski definition) is 9. The third-order valence-electron chi connectivity index (χ3n) is 25.1. The van der Waals surface area contributed by atoms with Crippen molar-refractivity contribution >= 4 is 23.9 Å². The molecule has 0 unspecified atom stereocenters. The highest BCUT2D eigenvalue weighted by atomic mass is 16.4. The van der Waals surface area contributed by atoms with Crippen molar-refractivity contribution in [2.24, 2.45) is 43.3 Å². The summed E-state index contributed by atoms with van der Waals surface area (Å²) >= 11 is 0. The molecule has 13 nitrogen and oxygen atoms in total. The van der Waals surface area contributed by atoms with E-state index in [-0.39, 0.29) is 17.2 Å². The van der Waals surface area contributed by atoms with Crippen LogP contribution in [0, 0.1) is 71.0 Å². The average molecular weight is 1690 g/mol. The molecule has 0 saturated heterocycles. The average Bonchev–Trinajstić information content (AvgIpc) is 0.823. The predicted molar refractivity (Wildman–Crippen MR) is 511 cm³/mol. The zero-order valence-electron chi connectivity index (χ0n) is 82.1. The van der Waals surface area contributed by atoms with Gasteiger partial charge in [-0.15, -0.1) is 0 Å². The van der Waals surface area contributed by atoms with Crippen molar-refractivity contribution in [1.29, 1.82) is 0 Å². The Bertz CT molecular complexity index is 3480. The molecule has 0 bridgehead atoms. The largest absolute Gasteiger partial charge is 0.508 e. The number of unbranched alkanes of at least 4 members (excludes halogenated alkanes) is 24. The van der Waals surface area contributed by atoms with Gasteiger partial charge >= 0.3 is 23.9 Å². The summed E-state index contributed by atoms with van der Waals surface area (Å²) < 4.78 is 0. The molecule has 0 saturated carbocycles. The maximum atomic E-state index is 11.2. The lowest BCUT2D eigenvalue weighted by Crippen LogP contribution is -2.23. The molecular weight excluding hydrogens is 1510 g/mol. The Kier molecular flexibility index (Phi) is 52.8. The molecule has 4 rings (SSSR count). The predicted octanol–water partition coefficient (Wildman–Crippen LogP) is 31.1. The Morgan fingerprint density at radius 3 is 0.711 bits per heavy atom. The van der Waals surface area contributed by atoms with E-state index in [0.717, 1.165) is 170 Å². The van der Waals surface area contributed by atoms with Gasteiger partial charge in [-0.25, -0.2) is 0 Å². The second-order valence-corrected chi connectivity index (χ2v) is 44.0. The number of hydrogen-bond donors (Lipinski definition) is 9. The number of benzene rings is 4. The molecule has 0 amide bonds. The molecule has 0 radical (unpaired) electrons. The van der Waals surface area contributed by atoms with Crippen LogP contribution < -0.4 is 0 Å². The Hall–Kier alpha value is -6.24. The topological polar surface area (TPSA) is 250 Å². The molecule has 4 aromatic rings. The van der Waals surface area contributed by atoms with Crippen molar-refractivity contribution in [3.05, 3.63) is 109 Å². The lowest BCUT2D eigenvalue weighted by molar-refractivity contribution is -0.148. The first-order chi connectivity index (χ1) is 56.1. The minimum Gasteiger partial charge on any atom is -0.508 e. The molecule has 0 fully saturated rings. The number of phenolic OH excluding ortho intramolecular Hbond substituents is 5. The highest BCUT2D eigenvalue weighted by molar-refractivity contribution is 5.74. The fourth-order valence-electron chi connectivity index (χ4n) is 16.3. The number of aryl methyl sites for hydroxylation is 6. The molecule has 9 N–H and O–H groups in total. The fourth-order valence-corrected chi connectivity index (χ4v) is 16.3. The summed E-state index contributed by atoms with van der Waals surface area (Å²) in [6.07, 6.45) is 51.9. The van der Waals surface area contributed by atoms with E-state index in [2.05, 4.69) is 135 Å². The van der Waals surface area contributed by atoms with E-state index in [1.807, 2.05) is 27.7 Å². The highest BCUT2D eigenvalue weighted by Gasteiger charge is 2.30. The van der Waals surface area contributed by atoms with Crippen molar-refractivity contribution in [2.45, 2.75) is 474 Å². The van der Waals surface area contributed by atoms with Gasteiger partial charge in [0, 0.05) is 16.7 Å². The smallest absolute Gasteiger partial charge is 0.309 e. The Morgan fingerprint density at radius 2 is 0.446 bits per heavy atom. The number of rotatable bonds is 56. The first kappa shape index (κ1) is 113. The molecule has 0 aliphatic heterocycles. The molecule has 13 heteroatoms. The van der Waals surface area contributed by atoms with E-state index in [0.29, 0.717) is 46.7 Å². The lowest BCUT2D eigenvalue weighted by Gasteiger charge is -2.19. The molecule has 4 aromatic carbocycles. The zero-order valence-corrected chi connectivity index (χ0v) is 82.1. The lowest BCUT2D eigenvalue weighted by atomic mass is 9.86. The number of phenols is 5. The van der Waals surface area contributed by atoms with Gasteiger partial charge in [0.1, 0.15) is 11.5 Å². The van der Waals surface area contributed by atoms with Crippen molar-refractivity contribution in [3.8, 4) is 28.7 Å². The van der Waals surface area contributed by atoms with E-state index < -0.39 is 51.3 Å². The Morgan fingerprint density at radius 1 is 0.223 bits per heavy atom. The van der Waals surface area contributed by atoms with Gasteiger partial charge in [-0.1, -0.05) is 267 Å². The SMILES string of the molecule is CC(C)(C)CCCCCCc1c(O)ccc(O)c1CCCCCCC(C)(C)C(=O)O.CC(C)(C)CCCCCCc1cc(O)c(O)c(O)c1CCCCCCC(C)(C)C(=O)O.Cc1cc(C)c(CCCCCCC(C)(C)C)c(CCCCCCC(C)(C)C(=O)O)c1.Cc1ccc(C)c(CCCCCCC(C)(C)C(=O)O)c1CCCCCCC(C)(C)C. The summed E-state index contributed by atoms with van der Waals surface area (Å²) in [7, 11) is 0. The van der Waals surface area contributed by atoms with Crippen LogP contribution in [-0.4, -0.2) is 69.8 Å². The van der Waals surface area contributed by atoms with Gasteiger partial charge in [-0.3, -0.25) is 19.2 Å². The van der Waals surface area contributed by atoms with Gasteiger partial charge in [-0.2, -0.15) is 0 Å². The van der Waals surface area contributed by atoms with E-state index in [1.165, 1.54) is 164 Å². The number of aliphatic carboxylic acids is 4. The van der Waals surface area contributed by atoms with E-state index in [4.69, 9.17) is 0 Å². The van der Waals surface area contributed by atoms with Crippen LogP contribution in [0.15, 0.2) is 42.5 Å². The monoisotopic (exact) mass is 1690 g/mol. The molecular formula is C108H184O13. The minimum atomic E-state index is -0.764. The third kappa shape index (κ3) is 50.5. The molecule has 0 heterocycles. The first-order valence-corrected chi connectivity index (χ1v) is 48.0. The molecule has 0 spiro atoms. The van der Waals surface area contributed by atoms with Crippen LogP contribution in [0.2, 0.25) is 0 Å². The highest BCUT2D eigenvalue weighted by Crippen LogP contribution is 2.42. The maximum Gasteiger partial charge on any atom is 0.309 e. The minimum absolute atomic E-state index is 0.199. The number of aromatic hydroxyl groups is 5. The molecule has 121 heavy (non-hydrogen) atoms. The van der Waals surface area contributed by atoms with Crippen LogP contribution in [0.25, 0.3) is 0 Å². The van der Waals surface area contributed by atoms with Gasteiger partial charge in [-0.05, 0) is 322 Å². The van der Waals surface area contributed by atoms with Gasteiger partial charge in [0.05, 0.1) is 21.7 Å². The van der Waals surface area contributed by atoms with Gasteiger partial charge < -0.3 is 46.0 Å². The van der Waals surface area contributed by atoms with Crippen LogP contribution in [0.4, 0.5) is 0 Å². The van der Waals surface area contributed by atoms with Crippen molar-refractivity contribution in [2.75, 3.05) is 0 Å². The van der Waals surface area contributed by atoms with Crippen LogP contribution in [0.5, 0.6) is 28.7 Å². The number of carboxylic acid groups (broad SMARTS) is 4. The van der Waals surface area contributed by atoms with Crippen molar-refractivity contribution in [3.63, 3.8) is 0 Å². The van der Waals surface area contributed by atoms with E-state index in [1.54, 1.807) is 68.1 Å². The molecule has 0 aliphatic rings. The fraction of sp³-hybridized carbons (Fsp3) is 0.741. The number of carbonyl (C=O) groups is 4. The summed E-state index contributed by atoms with van der Waals surface area (Å²) in [4.78, 5) is 44.8. The van der Waals surface area contributed by atoms with Crippen LogP contribution >= 0.6 is 0 Å². The number of carboxylic acids is 4. The molecule has 694 valence electrons. The van der Waals surface area contributed by atoms with Gasteiger partial charge in [0.15, 0.2) is 11.5 Å². The van der Waals surface area contributed by atoms with Crippen LogP contribution in [0.1, 0.15) is 462 Å². The van der Waals surface area contributed by atoms with Crippen molar-refractivity contribution < 1.29 is 65.1 Å². The molecule has 0 aliphatic carbocycles. The second-order valence-electron chi connectivity index (χ2n) is 44.0. The van der Waals surface area contributed by atoms with E-state index >= 15 is 0 Å². The summed E-state index contributed by atoms with van der Waals surface area (Å²) in [5, 5.41) is 87.8. The first-order valence-electron chi connectivity index (χ1n) is 48.0. The summed E-state index contributed by atoms with van der Waals surface area (Å²) in [6, 6.07) is 14.1. The second kappa shape index (κ2) is 56.7. The molecule has 0 aromatic heterocycles. The third-order valence-corrected chi connectivity index (χ3v) is 25.1. The summed E-state index contributed by atoms with van der Waals surface area (Å²) in [5.74, 6) is -3.19. The zero-order chi connectivity index (χ0) is 92.0. The molecule has 0 atom stereocenters. The van der Waals surface area contributed by atoms with E-state index in [9.17, 15) is 65.1 Å². The van der Waals surface area contributed by atoms with Gasteiger partial charge in [0.2, 0.25) is 5.75 Å². The summed E-state index contributed by atoms with van der Waals surface area (Å²) in [6.45, 7) is 51.0. The maximum absolute atomic E-state index is 11.2. The standard InChI is InChI=1S/2C28H48O2.C26H44O5.C26H44O4/c1-22-20-23(2)25(17-13-9-10-14-18-27(3,4)5)24(21-22)16-12-8-11-15-19-28(6,7)26(29)30;1-22-18-19-23(2)25(17-13-9-11-15-21-28(6,7)26(29)30)24(22)16-12-8-10-14-20-27(3,4)5;1-25(2,3)16-12-8-6-10-14-19-18-21(27)23(29)22(28)20(19)15-11-7-9-13-17-26(4,5)24(30)31;1-25(2,3)18-12-8-6-10-14-20-21(23(28)17-16-22(20)27)15-11-7-9-13-19-26(4,5)24(29)30/h20-21H,8-19H2,1-7H3,(H,29,30);18-19H,8-17,20-21H2,1-7H3,(H,29,30);18,27-29H,6-17H2,1-5H3,(H,30,31);16-17,27-28H,6-15,18-19H2,1-5H3,(H,29,30). The van der Waals surface area contributed by atoms with Crippen molar-refractivity contribution in [1.82, 2.24) is 0 Å². The van der Waals surface area contributed by atoms with Crippen LogP contribution in [0.3, 0.4) is 0 Å². The Labute approximate surface area is 740 Å².